The van der Waals surface area contributed by atoms with E-state index >= 15 is 0 Å². The van der Waals surface area contributed by atoms with Crippen molar-refractivity contribution in [3.63, 3.8) is 0 Å². The van der Waals surface area contributed by atoms with Gasteiger partial charge >= 0.3 is 0 Å². The number of rotatable bonds is 3. The molecule has 86 valence electrons. The highest BCUT2D eigenvalue weighted by Crippen LogP contribution is 2.23. The van der Waals surface area contributed by atoms with Crippen molar-refractivity contribution in [2.45, 2.75) is 0 Å². The van der Waals surface area contributed by atoms with Crippen LogP contribution in [0.3, 0.4) is 0 Å². The smallest absolute Gasteiger partial charge is 0.259 e. The van der Waals surface area contributed by atoms with Gasteiger partial charge in [-0.2, -0.15) is 10.5 Å². The maximum Gasteiger partial charge on any atom is 0.259 e. The number of halogens is 1. The minimum atomic E-state index is -0.581. The molecule has 0 spiro atoms. The zero-order valence-corrected chi connectivity index (χ0v) is 9.48. The number of phenols is 1. The highest BCUT2D eigenvalue weighted by Gasteiger charge is 2.18. The second kappa shape index (κ2) is 5.74. The van der Waals surface area contributed by atoms with E-state index in [1.807, 2.05) is 0 Å². The average Bonchev–Trinajstić information content (AvgIpc) is 2.28. The first-order valence-electron chi connectivity index (χ1n) is 4.62. The lowest BCUT2D eigenvalue weighted by atomic mass is 10.1. The Morgan fingerprint density at radius 2 is 1.94 bits per heavy atom. The second-order valence-electron chi connectivity index (χ2n) is 3.14. The van der Waals surface area contributed by atoms with E-state index in [9.17, 15) is 9.90 Å². The number of aromatic hydroxyl groups is 1. The molecule has 6 heteroatoms. The molecule has 0 aromatic heterocycles. The number of phenolic OH excluding ortho intramolecular Hbond substituents is 1. The van der Waals surface area contributed by atoms with E-state index in [4.69, 9.17) is 22.1 Å². The molecule has 1 aromatic rings. The van der Waals surface area contributed by atoms with Crippen molar-refractivity contribution in [3.05, 3.63) is 28.8 Å². The zero-order chi connectivity index (χ0) is 12.8. The van der Waals surface area contributed by atoms with Gasteiger partial charge in [0.15, 0.2) is 0 Å². The number of nitrogens with zero attached hydrogens (tertiary/aromatic N) is 3. The molecule has 5 nitrogen and oxygen atoms in total. The minimum Gasteiger partial charge on any atom is -0.507 e. The van der Waals surface area contributed by atoms with Crippen molar-refractivity contribution >= 4 is 17.5 Å². The van der Waals surface area contributed by atoms with Crippen molar-refractivity contribution in [2.24, 2.45) is 0 Å². The van der Waals surface area contributed by atoms with E-state index in [1.165, 1.54) is 18.2 Å². The van der Waals surface area contributed by atoms with E-state index in [1.54, 1.807) is 12.1 Å². The zero-order valence-electron chi connectivity index (χ0n) is 8.72. The number of carbonyl (C=O) groups excluding carboxylic acids is 1. The summed E-state index contributed by atoms with van der Waals surface area (Å²) in [5.41, 5.74) is 0.0138. The normalized spacial score (nSPS) is 9.12. The van der Waals surface area contributed by atoms with Crippen molar-refractivity contribution in [1.29, 1.82) is 10.5 Å². The largest absolute Gasteiger partial charge is 0.507 e. The summed E-state index contributed by atoms with van der Waals surface area (Å²) in [6.45, 7) is -0.428. The number of hydrogen-bond donors (Lipinski definition) is 1. The van der Waals surface area contributed by atoms with E-state index < -0.39 is 5.91 Å². The van der Waals surface area contributed by atoms with E-state index in [0.29, 0.717) is 5.02 Å². The summed E-state index contributed by atoms with van der Waals surface area (Å²) < 4.78 is 0. The molecule has 1 aromatic carbocycles. The molecule has 0 atom stereocenters. The van der Waals surface area contributed by atoms with Gasteiger partial charge in [0.1, 0.15) is 18.8 Å². The molecule has 0 saturated carbocycles. The highest BCUT2D eigenvalue weighted by molar-refractivity contribution is 6.30. The first-order valence-corrected chi connectivity index (χ1v) is 4.99. The minimum absolute atomic E-state index is 0.0138. The molecule has 1 N–H and O–H groups in total. The summed E-state index contributed by atoms with van der Waals surface area (Å²) in [6, 6.07) is 7.59. The SMILES string of the molecule is N#CCN(CC#N)C(=O)c1ccc(Cl)cc1O. The number of hydrogen-bond acceptors (Lipinski definition) is 4. The average molecular weight is 250 g/mol. The molecule has 0 unspecified atom stereocenters. The van der Waals surface area contributed by atoms with E-state index in [-0.39, 0.29) is 24.4 Å². The number of nitriles is 2. The monoisotopic (exact) mass is 249 g/mol. The van der Waals surface area contributed by atoms with Gasteiger partial charge in [0.05, 0.1) is 17.7 Å². The fourth-order valence-corrected chi connectivity index (χ4v) is 1.39. The fourth-order valence-electron chi connectivity index (χ4n) is 1.23. The summed E-state index contributed by atoms with van der Waals surface area (Å²) in [4.78, 5) is 12.9. The number of benzene rings is 1. The van der Waals surface area contributed by atoms with Crippen LogP contribution in [0, 0.1) is 22.7 Å². The molecule has 1 amide bonds. The van der Waals surface area contributed by atoms with Crippen molar-refractivity contribution in [1.82, 2.24) is 4.90 Å². The van der Waals surface area contributed by atoms with Gasteiger partial charge in [-0.25, -0.2) is 0 Å². The van der Waals surface area contributed by atoms with Crippen LogP contribution in [-0.2, 0) is 0 Å². The van der Waals surface area contributed by atoms with Gasteiger partial charge in [-0.05, 0) is 18.2 Å². The Morgan fingerprint density at radius 3 is 2.41 bits per heavy atom. The molecule has 0 aliphatic heterocycles. The quantitative estimate of drug-likeness (QED) is 0.823. The lowest BCUT2D eigenvalue weighted by Crippen LogP contribution is -2.31. The molecule has 0 saturated heterocycles. The number of carbonyl (C=O) groups is 1. The van der Waals surface area contributed by atoms with Gasteiger partial charge < -0.3 is 10.0 Å². The molecular formula is C11H8ClN3O2. The van der Waals surface area contributed by atoms with Crippen LogP contribution in [0.1, 0.15) is 10.4 Å². The van der Waals surface area contributed by atoms with Gasteiger partial charge in [0.2, 0.25) is 0 Å². The van der Waals surface area contributed by atoms with Gasteiger partial charge in [0, 0.05) is 5.02 Å². The summed E-state index contributed by atoms with van der Waals surface area (Å²) in [7, 11) is 0. The fraction of sp³-hybridized carbons (Fsp3) is 0.182. The third-order valence-corrected chi connectivity index (χ3v) is 2.24. The lowest BCUT2D eigenvalue weighted by molar-refractivity contribution is 0.0791. The molecule has 0 bridgehead atoms. The standard InChI is InChI=1S/C11H8ClN3O2/c12-8-1-2-9(10(16)7-8)11(17)15(5-3-13)6-4-14/h1-2,7,16H,5-6H2. The second-order valence-corrected chi connectivity index (χ2v) is 3.58. The van der Waals surface area contributed by atoms with Crippen LogP contribution in [0.15, 0.2) is 18.2 Å². The maximum absolute atomic E-state index is 11.9. The maximum atomic E-state index is 11.9. The Labute approximate surface area is 103 Å². The van der Waals surface area contributed by atoms with Crippen LogP contribution in [0.4, 0.5) is 0 Å². The van der Waals surface area contributed by atoms with Crippen LogP contribution in [0.25, 0.3) is 0 Å². The van der Waals surface area contributed by atoms with Gasteiger partial charge in [0.25, 0.3) is 5.91 Å². The van der Waals surface area contributed by atoms with Crippen LogP contribution in [0.5, 0.6) is 5.75 Å². The van der Waals surface area contributed by atoms with E-state index in [0.717, 1.165) is 4.90 Å². The summed E-state index contributed by atoms with van der Waals surface area (Å²) in [5.74, 6) is -0.856. The first-order chi connectivity index (χ1) is 8.10. The van der Waals surface area contributed by atoms with Crippen molar-refractivity contribution < 1.29 is 9.90 Å². The topological polar surface area (TPSA) is 88.1 Å². The van der Waals surface area contributed by atoms with E-state index in [2.05, 4.69) is 0 Å². The predicted molar refractivity (Wildman–Crippen MR) is 60.2 cm³/mol. The molecule has 0 heterocycles. The Morgan fingerprint density at radius 1 is 1.35 bits per heavy atom. The lowest BCUT2D eigenvalue weighted by Gasteiger charge is -2.16. The molecule has 0 aliphatic rings. The van der Waals surface area contributed by atoms with Crippen LogP contribution >= 0.6 is 11.6 Å². The third-order valence-electron chi connectivity index (χ3n) is 2.00. The predicted octanol–water partition coefficient (Wildman–Crippen LogP) is 1.53. The Hall–Kier alpha value is -2.24. The molecule has 1 rings (SSSR count). The summed E-state index contributed by atoms with van der Waals surface area (Å²) in [5, 5.41) is 26.9. The van der Waals surface area contributed by atoms with Crippen LogP contribution in [0.2, 0.25) is 5.02 Å². The molecule has 17 heavy (non-hydrogen) atoms. The summed E-state index contributed by atoms with van der Waals surface area (Å²) in [6.07, 6.45) is 0. The van der Waals surface area contributed by atoms with Crippen LogP contribution < -0.4 is 0 Å². The molecule has 0 aliphatic carbocycles. The Balaban J connectivity index is 3.02. The van der Waals surface area contributed by atoms with Gasteiger partial charge in [-0.3, -0.25) is 4.79 Å². The first kappa shape index (κ1) is 12.8. The van der Waals surface area contributed by atoms with Crippen LogP contribution in [-0.4, -0.2) is 29.0 Å². The van der Waals surface area contributed by atoms with Crippen molar-refractivity contribution in [2.75, 3.05) is 13.1 Å². The highest BCUT2D eigenvalue weighted by atomic mass is 35.5. The Kier molecular flexibility index (Phi) is 4.33. The van der Waals surface area contributed by atoms with Gasteiger partial charge in [-0.1, -0.05) is 11.6 Å². The number of amides is 1. The Bertz CT molecular complexity index is 500. The molecule has 0 fully saturated rings. The van der Waals surface area contributed by atoms with Gasteiger partial charge in [-0.15, -0.1) is 0 Å². The van der Waals surface area contributed by atoms with Crippen molar-refractivity contribution in [3.8, 4) is 17.9 Å². The molecule has 0 radical (unpaired) electrons. The summed E-state index contributed by atoms with van der Waals surface area (Å²) >= 11 is 5.63. The third kappa shape index (κ3) is 3.10. The molecular weight excluding hydrogens is 242 g/mol.